The molecule has 1 aromatic heterocycles. The van der Waals surface area contributed by atoms with E-state index in [-0.39, 0.29) is 11.3 Å². The fraction of sp³-hybridized carbons (Fsp3) is 0.200. The van der Waals surface area contributed by atoms with Crippen LogP contribution in [0.1, 0.15) is 16.8 Å². The van der Waals surface area contributed by atoms with Crippen LogP contribution < -0.4 is 10.3 Å². The highest BCUT2D eigenvalue weighted by molar-refractivity contribution is 5.79. The van der Waals surface area contributed by atoms with E-state index in [0.29, 0.717) is 11.3 Å². The standard InChI is InChI=1S/C15H14F2N2O2/c1-10-7-11(2)19(14(20)8-10)18-9-12-3-5-13(6-4-12)21-15(16)17/h3-9,15H,1-2H3/b18-9-. The number of benzene rings is 1. The Bertz CT molecular complexity index is 707. The van der Waals surface area contributed by atoms with Crippen LogP contribution in [-0.2, 0) is 0 Å². The van der Waals surface area contributed by atoms with Gasteiger partial charge < -0.3 is 4.74 Å². The highest BCUT2D eigenvalue weighted by atomic mass is 19.3. The second kappa shape index (κ2) is 6.30. The van der Waals surface area contributed by atoms with Crippen LogP contribution in [-0.4, -0.2) is 17.5 Å². The van der Waals surface area contributed by atoms with Gasteiger partial charge in [0, 0.05) is 11.8 Å². The molecule has 0 bridgehead atoms. The van der Waals surface area contributed by atoms with E-state index in [9.17, 15) is 13.6 Å². The maximum absolute atomic E-state index is 12.0. The zero-order valence-electron chi connectivity index (χ0n) is 11.6. The van der Waals surface area contributed by atoms with Gasteiger partial charge in [-0.15, -0.1) is 0 Å². The quantitative estimate of drug-likeness (QED) is 0.813. The molecule has 0 N–H and O–H groups in total. The molecule has 0 fully saturated rings. The maximum Gasteiger partial charge on any atom is 0.387 e. The first-order valence-electron chi connectivity index (χ1n) is 6.25. The van der Waals surface area contributed by atoms with Crippen molar-refractivity contribution >= 4 is 6.21 Å². The molecule has 1 heterocycles. The Kier molecular flexibility index (Phi) is 4.47. The van der Waals surface area contributed by atoms with Crippen molar-refractivity contribution < 1.29 is 13.5 Å². The Morgan fingerprint density at radius 2 is 1.86 bits per heavy atom. The average molecular weight is 292 g/mol. The van der Waals surface area contributed by atoms with E-state index in [1.165, 1.54) is 29.1 Å². The number of nitrogens with zero attached hydrogens (tertiary/aromatic N) is 2. The van der Waals surface area contributed by atoms with E-state index in [1.807, 2.05) is 13.0 Å². The van der Waals surface area contributed by atoms with E-state index >= 15 is 0 Å². The predicted octanol–water partition coefficient (Wildman–Crippen LogP) is 2.95. The Morgan fingerprint density at radius 3 is 2.43 bits per heavy atom. The van der Waals surface area contributed by atoms with Gasteiger partial charge in [-0.05, 0) is 55.3 Å². The van der Waals surface area contributed by atoms with Crippen molar-refractivity contribution in [3.8, 4) is 5.75 Å². The molecular weight excluding hydrogens is 278 g/mol. The first-order valence-corrected chi connectivity index (χ1v) is 6.25. The van der Waals surface area contributed by atoms with Crippen LogP contribution >= 0.6 is 0 Å². The number of aromatic nitrogens is 1. The lowest BCUT2D eigenvalue weighted by atomic mass is 10.2. The van der Waals surface area contributed by atoms with Crippen molar-refractivity contribution in [3.63, 3.8) is 0 Å². The molecule has 0 spiro atoms. The number of halogens is 2. The lowest BCUT2D eigenvalue weighted by molar-refractivity contribution is -0.0498. The first-order chi connectivity index (χ1) is 9.95. The Labute approximate surface area is 120 Å². The van der Waals surface area contributed by atoms with Crippen LogP contribution in [0.15, 0.2) is 46.3 Å². The maximum atomic E-state index is 12.0. The monoisotopic (exact) mass is 292 g/mol. The van der Waals surface area contributed by atoms with Crippen molar-refractivity contribution in [2.24, 2.45) is 5.10 Å². The van der Waals surface area contributed by atoms with Gasteiger partial charge in [0.1, 0.15) is 5.75 Å². The molecule has 2 rings (SSSR count). The van der Waals surface area contributed by atoms with Gasteiger partial charge in [0.25, 0.3) is 5.56 Å². The molecule has 21 heavy (non-hydrogen) atoms. The van der Waals surface area contributed by atoms with Gasteiger partial charge in [-0.3, -0.25) is 4.79 Å². The van der Waals surface area contributed by atoms with E-state index in [1.54, 1.807) is 19.1 Å². The molecule has 4 nitrogen and oxygen atoms in total. The van der Waals surface area contributed by atoms with E-state index in [4.69, 9.17) is 0 Å². The topological polar surface area (TPSA) is 43.6 Å². The summed E-state index contributed by atoms with van der Waals surface area (Å²) in [5, 5.41) is 4.10. The molecule has 0 aliphatic rings. The molecule has 1 aromatic carbocycles. The zero-order chi connectivity index (χ0) is 15.4. The van der Waals surface area contributed by atoms with Crippen molar-refractivity contribution in [2.75, 3.05) is 0 Å². The smallest absolute Gasteiger partial charge is 0.387 e. The fourth-order valence-electron chi connectivity index (χ4n) is 1.87. The number of hydrogen-bond acceptors (Lipinski definition) is 3. The number of rotatable bonds is 4. The van der Waals surface area contributed by atoms with Crippen molar-refractivity contribution in [3.05, 3.63) is 63.6 Å². The highest BCUT2D eigenvalue weighted by Crippen LogP contribution is 2.14. The lowest BCUT2D eigenvalue weighted by Crippen LogP contribution is -2.18. The fourth-order valence-corrected chi connectivity index (χ4v) is 1.87. The molecule has 110 valence electrons. The van der Waals surface area contributed by atoms with Crippen molar-refractivity contribution in [2.45, 2.75) is 20.5 Å². The molecule has 0 aliphatic heterocycles. The third-order valence-electron chi connectivity index (χ3n) is 2.76. The molecule has 0 atom stereocenters. The van der Waals surface area contributed by atoms with Gasteiger partial charge in [0.15, 0.2) is 0 Å². The predicted molar refractivity (Wildman–Crippen MR) is 76.2 cm³/mol. The Hall–Kier alpha value is -2.50. The molecule has 2 aromatic rings. The number of pyridine rings is 1. The van der Waals surface area contributed by atoms with Crippen LogP contribution in [0.4, 0.5) is 8.78 Å². The minimum Gasteiger partial charge on any atom is -0.435 e. The lowest BCUT2D eigenvalue weighted by Gasteiger charge is -2.05. The van der Waals surface area contributed by atoms with Gasteiger partial charge in [-0.2, -0.15) is 13.9 Å². The minimum absolute atomic E-state index is 0.0748. The van der Waals surface area contributed by atoms with Crippen LogP contribution in [0, 0.1) is 13.8 Å². The Morgan fingerprint density at radius 1 is 1.19 bits per heavy atom. The van der Waals surface area contributed by atoms with Gasteiger partial charge >= 0.3 is 6.61 Å². The van der Waals surface area contributed by atoms with Crippen LogP contribution in [0.5, 0.6) is 5.75 Å². The summed E-state index contributed by atoms with van der Waals surface area (Å²) in [5.41, 5.74) is 2.04. The summed E-state index contributed by atoms with van der Waals surface area (Å²) in [6.45, 7) is 0.772. The number of ether oxygens (including phenoxy) is 1. The molecule has 0 saturated heterocycles. The molecule has 0 aliphatic carbocycles. The van der Waals surface area contributed by atoms with Crippen LogP contribution in [0.2, 0.25) is 0 Å². The van der Waals surface area contributed by atoms with Gasteiger partial charge in [0.2, 0.25) is 0 Å². The normalized spacial score (nSPS) is 11.3. The largest absolute Gasteiger partial charge is 0.435 e. The van der Waals surface area contributed by atoms with Gasteiger partial charge in [-0.25, -0.2) is 4.68 Å². The second-order valence-electron chi connectivity index (χ2n) is 4.52. The van der Waals surface area contributed by atoms with Crippen molar-refractivity contribution in [1.29, 1.82) is 0 Å². The summed E-state index contributed by atoms with van der Waals surface area (Å²) in [4.78, 5) is 11.8. The highest BCUT2D eigenvalue weighted by Gasteiger charge is 2.03. The summed E-state index contributed by atoms with van der Waals surface area (Å²) in [7, 11) is 0. The number of alkyl halides is 2. The summed E-state index contributed by atoms with van der Waals surface area (Å²) in [5.74, 6) is 0.0748. The SMILES string of the molecule is Cc1cc(C)n(/N=C\c2ccc(OC(F)F)cc2)c(=O)c1. The molecule has 0 amide bonds. The van der Waals surface area contributed by atoms with Crippen LogP contribution in [0.3, 0.4) is 0 Å². The third-order valence-corrected chi connectivity index (χ3v) is 2.76. The van der Waals surface area contributed by atoms with Gasteiger partial charge in [-0.1, -0.05) is 0 Å². The van der Waals surface area contributed by atoms with Crippen LogP contribution in [0.25, 0.3) is 0 Å². The number of aryl methyl sites for hydroxylation is 2. The summed E-state index contributed by atoms with van der Waals surface area (Å²) in [6.07, 6.45) is 1.48. The summed E-state index contributed by atoms with van der Waals surface area (Å²) >= 11 is 0. The van der Waals surface area contributed by atoms with E-state index in [0.717, 1.165) is 5.56 Å². The third kappa shape index (κ3) is 3.98. The Balaban J connectivity index is 2.20. The second-order valence-corrected chi connectivity index (χ2v) is 4.52. The zero-order valence-corrected chi connectivity index (χ0v) is 11.6. The van der Waals surface area contributed by atoms with Gasteiger partial charge in [0.05, 0.1) is 6.21 Å². The molecule has 0 unspecified atom stereocenters. The molecule has 0 radical (unpaired) electrons. The molecule has 6 heteroatoms. The summed E-state index contributed by atoms with van der Waals surface area (Å²) in [6, 6.07) is 9.32. The average Bonchev–Trinajstić information content (AvgIpc) is 2.38. The minimum atomic E-state index is -2.85. The van der Waals surface area contributed by atoms with E-state index in [2.05, 4.69) is 9.84 Å². The number of hydrogen-bond donors (Lipinski definition) is 0. The van der Waals surface area contributed by atoms with Crippen molar-refractivity contribution in [1.82, 2.24) is 4.68 Å². The van der Waals surface area contributed by atoms with E-state index < -0.39 is 6.61 Å². The summed E-state index contributed by atoms with van der Waals surface area (Å²) < 4.78 is 29.6. The molecule has 0 saturated carbocycles. The first kappa shape index (κ1) is 14.9. The molecular formula is C15H14F2N2O2.